The maximum atomic E-state index is 13.0. The molecule has 2 fully saturated rings. The van der Waals surface area contributed by atoms with Crippen molar-refractivity contribution in [1.29, 1.82) is 0 Å². The van der Waals surface area contributed by atoms with E-state index in [4.69, 9.17) is 16.6 Å². The van der Waals surface area contributed by atoms with Crippen molar-refractivity contribution in [3.63, 3.8) is 0 Å². The second-order valence-corrected chi connectivity index (χ2v) is 8.05. The summed E-state index contributed by atoms with van der Waals surface area (Å²) in [6, 6.07) is 8.91. The van der Waals surface area contributed by atoms with Crippen LogP contribution in [0.3, 0.4) is 0 Å². The Hall–Kier alpha value is -2.09. The van der Waals surface area contributed by atoms with Crippen LogP contribution in [0, 0.1) is 5.92 Å². The molecule has 1 aromatic carbocycles. The van der Waals surface area contributed by atoms with Crippen LogP contribution in [-0.2, 0) is 16.0 Å². The zero-order chi connectivity index (χ0) is 19.7. The molecule has 1 amide bonds. The van der Waals surface area contributed by atoms with Crippen LogP contribution in [0.25, 0.3) is 11.0 Å². The lowest BCUT2D eigenvalue weighted by molar-refractivity contribution is -0.137. The number of likely N-dealkylation sites (tertiary alicyclic amines) is 1. The summed E-state index contributed by atoms with van der Waals surface area (Å²) in [5, 5.41) is 13.6. The summed E-state index contributed by atoms with van der Waals surface area (Å²) in [6.45, 7) is 0.965. The molecule has 4 rings (SSSR count). The summed E-state index contributed by atoms with van der Waals surface area (Å²) in [5.41, 5.74) is 0.806. The maximum absolute atomic E-state index is 13.0. The van der Waals surface area contributed by atoms with E-state index in [-0.39, 0.29) is 30.8 Å². The zero-order valence-corrected chi connectivity index (χ0v) is 16.4. The molecule has 1 aromatic heterocycles. The molecule has 1 unspecified atom stereocenters. The number of carbonyl (C=O) groups is 2. The van der Waals surface area contributed by atoms with E-state index in [1.54, 1.807) is 4.90 Å². The van der Waals surface area contributed by atoms with E-state index in [0.717, 1.165) is 29.6 Å². The number of fused-ring (bicyclic) bond motifs is 1. The van der Waals surface area contributed by atoms with Gasteiger partial charge in [-0.05, 0) is 25.0 Å². The average molecular weight is 401 g/mol. The minimum Gasteiger partial charge on any atom is -0.461 e. The van der Waals surface area contributed by atoms with E-state index in [2.05, 4.69) is 5.32 Å². The Morgan fingerprint density at radius 3 is 2.93 bits per heavy atom. The first-order chi connectivity index (χ1) is 13.6. The Morgan fingerprint density at radius 1 is 1.32 bits per heavy atom. The zero-order valence-electron chi connectivity index (χ0n) is 15.6. The van der Waals surface area contributed by atoms with E-state index in [0.29, 0.717) is 24.4 Å². The number of aliphatic hydroxyl groups is 1. The fourth-order valence-corrected chi connectivity index (χ4v) is 4.63. The number of para-hydroxylation sites is 1. The molecule has 0 aliphatic carbocycles. The van der Waals surface area contributed by atoms with Crippen LogP contribution in [0.5, 0.6) is 0 Å². The fourth-order valence-electron chi connectivity index (χ4n) is 4.28. The van der Waals surface area contributed by atoms with Gasteiger partial charge >= 0.3 is 0 Å². The van der Waals surface area contributed by atoms with Crippen LogP contribution in [0.15, 0.2) is 34.7 Å². The molecule has 28 heavy (non-hydrogen) atoms. The molecule has 2 aliphatic rings. The third kappa shape index (κ3) is 3.62. The second-order valence-electron chi connectivity index (χ2n) is 7.53. The Morgan fingerprint density at radius 2 is 2.14 bits per heavy atom. The molecule has 2 aromatic rings. The monoisotopic (exact) mass is 400 g/mol. The average Bonchev–Trinajstić information content (AvgIpc) is 3.42. The number of carbonyl (C=O) groups excluding carboxylic acids is 2. The fraction of sp³-hybridized carbons (Fsp3) is 0.476. The van der Waals surface area contributed by atoms with Gasteiger partial charge in [0.15, 0.2) is 0 Å². The summed E-state index contributed by atoms with van der Waals surface area (Å²) >= 11 is 5.40. The van der Waals surface area contributed by atoms with Gasteiger partial charge in [0.2, 0.25) is 5.91 Å². The summed E-state index contributed by atoms with van der Waals surface area (Å²) in [4.78, 5) is 28.2. The molecule has 2 N–H and O–H groups in total. The highest BCUT2D eigenvalue weighted by molar-refractivity contribution is 7.80. The Kier molecular flexibility index (Phi) is 5.57. The highest BCUT2D eigenvalue weighted by Crippen LogP contribution is 2.25. The van der Waals surface area contributed by atoms with Crippen LogP contribution >= 0.6 is 12.2 Å². The molecular formula is C21H24N2O4S. The molecular weight excluding hydrogens is 376 g/mol. The predicted molar refractivity (Wildman–Crippen MR) is 109 cm³/mol. The molecule has 148 valence electrons. The Labute approximate surface area is 168 Å². The Balaban J connectivity index is 1.44. The number of thiocarbonyl (C=S) groups is 1. The molecule has 0 saturated carbocycles. The quantitative estimate of drug-likeness (QED) is 0.721. The van der Waals surface area contributed by atoms with Crippen LogP contribution in [0.4, 0.5) is 0 Å². The van der Waals surface area contributed by atoms with Gasteiger partial charge in [-0.1, -0.05) is 30.4 Å². The lowest BCUT2D eigenvalue weighted by atomic mass is 9.91. The Bertz CT molecular complexity index is 876. The lowest BCUT2D eigenvalue weighted by Gasteiger charge is -2.28. The normalized spacial score (nSPS) is 25.0. The van der Waals surface area contributed by atoms with Gasteiger partial charge in [0.1, 0.15) is 23.2 Å². The molecule has 2 saturated heterocycles. The van der Waals surface area contributed by atoms with Gasteiger partial charge < -0.3 is 19.7 Å². The largest absolute Gasteiger partial charge is 0.461 e. The molecule has 3 atom stereocenters. The highest BCUT2D eigenvalue weighted by Gasteiger charge is 2.44. The second kappa shape index (κ2) is 8.11. The smallest absolute Gasteiger partial charge is 0.241 e. The first-order valence-corrected chi connectivity index (χ1v) is 10.2. The van der Waals surface area contributed by atoms with Gasteiger partial charge in [-0.15, -0.1) is 0 Å². The predicted octanol–water partition coefficient (Wildman–Crippen LogP) is 1.88. The minimum atomic E-state index is -0.622. The van der Waals surface area contributed by atoms with Gasteiger partial charge in [-0.3, -0.25) is 9.59 Å². The first kappa shape index (κ1) is 19.2. The van der Waals surface area contributed by atoms with E-state index < -0.39 is 12.0 Å². The first-order valence-electron chi connectivity index (χ1n) is 9.76. The van der Waals surface area contributed by atoms with Crippen molar-refractivity contribution < 1.29 is 19.1 Å². The molecule has 3 heterocycles. The molecule has 7 heteroatoms. The highest BCUT2D eigenvalue weighted by atomic mass is 32.1. The summed E-state index contributed by atoms with van der Waals surface area (Å²) in [5.74, 6) is 0.00745. The van der Waals surface area contributed by atoms with E-state index >= 15 is 0 Å². The third-order valence-corrected chi connectivity index (χ3v) is 6.15. The van der Waals surface area contributed by atoms with Crippen LogP contribution < -0.4 is 5.32 Å². The number of hydrogen-bond donors (Lipinski definition) is 2. The number of hydrogen-bond acceptors (Lipinski definition) is 6. The number of aliphatic hydroxyl groups excluding tert-OH is 1. The number of Topliss-reactive ketones (excluding diaryl/α,β-unsaturated/α-hetero) is 1. The van der Waals surface area contributed by atoms with Gasteiger partial charge in [-0.25, -0.2) is 0 Å². The topological polar surface area (TPSA) is 82.8 Å². The number of benzene rings is 1. The number of nitrogens with one attached hydrogen (secondary N) is 1. The number of rotatable bonds is 6. The molecule has 0 bridgehead atoms. The van der Waals surface area contributed by atoms with Crippen molar-refractivity contribution >= 4 is 39.7 Å². The van der Waals surface area contributed by atoms with Crippen molar-refractivity contribution in [2.75, 3.05) is 19.7 Å². The van der Waals surface area contributed by atoms with E-state index in [9.17, 15) is 14.7 Å². The van der Waals surface area contributed by atoms with E-state index in [1.165, 1.54) is 0 Å². The van der Waals surface area contributed by atoms with Crippen molar-refractivity contribution in [2.24, 2.45) is 5.92 Å². The van der Waals surface area contributed by atoms with Crippen LogP contribution in [0.1, 0.15) is 25.0 Å². The standard InChI is InChI=1S/C21H24N2O4S/c24-12-14-5-3-9-23(14)21(26)20-19(18(28)11-22-20)16(25)8-7-15-10-13-4-1-2-6-17(13)27-15/h1-2,4,6,10,14,19-20,22,24H,3,5,7-9,11-12H2/t14-,19?,20-/m0/s1. The van der Waals surface area contributed by atoms with Gasteiger partial charge in [0, 0.05) is 36.2 Å². The van der Waals surface area contributed by atoms with Gasteiger partial charge in [-0.2, -0.15) is 0 Å². The summed E-state index contributed by atoms with van der Waals surface area (Å²) in [7, 11) is 0. The van der Waals surface area contributed by atoms with E-state index in [1.807, 2.05) is 30.3 Å². The molecule has 0 radical (unpaired) electrons. The number of nitrogens with zero attached hydrogens (tertiary/aromatic N) is 1. The van der Waals surface area contributed by atoms with Gasteiger partial charge in [0.05, 0.1) is 18.6 Å². The third-order valence-electron chi connectivity index (χ3n) is 5.75. The summed E-state index contributed by atoms with van der Waals surface area (Å²) < 4.78 is 5.79. The number of ketones is 1. The maximum Gasteiger partial charge on any atom is 0.241 e. The van der Waals surface area contributed by atoms with Crippen LogP contribution in [-0.4, -0.2) is 58.3 Å². The van der Waals surface area contributed by atoms with Gasteiger partial charge in [0.25, 0.3) is 0 Å². The van der Waals surface area contributed by atoms with Crippen molar-refractivity contribution in [2.45, 2.75) is 37.8 Å². The lowest BCUT2D eigenvalue weighted by Crippen LogP contribution is -2.50. The van der Waals surface area contributed by atoms with Crippen LogP contribution in [0.2, 0.25) is 0 Å². The summed E-state index contributed by atoms with van der Waals surface area (Å²) in [6.07, 6.45) is 2.43. The molecule has 6 nitrogen and oxygen atoms in total. The van der Waals surface area contributed by atoms with Crippen molar-refractivity contribution in [1.82, 2.24) is 10.2 Å². The number of furan rings is 1. The van der Waals surface area contributed by atoms with Crippen molar-refractivity contribution in [3.8, 4) is 0 Å². The van der Waals surface area contributed by atoms with Crippen molar-refractivity contribution in [3.05, 3.63) is 36.1 Å². The number of amides is 1. The minimum absolute atomic E-state index is 0.0337. The molecule has 0 spiro atoms. The number of aryl methyl sites for hydroxylation is 1. The molecule has 2 aliphatic heterocycles. The SMILES string of the molecule is O=C(CCc1cc2ccccc2o1)C1C(=S)CN[C@@H]1C(=O)N1CCC[C@H]1CO.